The van der Waals surface area contributed by atoms with Crippen molar-refractivity contribution >= 4 is 28.9 Å². The molecule has 1 atom stereocenters. The Kier molecular flexibility index (Phi) is 5.00. The minimum Gasteiger partial charge on any atom is -0.371 e. The van der Waals surface area contributed by atoms with Gasteiger partial charge < -0.3 is 14.6 Å². The molecule has 0 bridgehead atoms. The molecule has 8 heteroatoms. The zero-order chi connectivity index (χ0) is 21.5. The molecule has 3 aromatic rings. The van der Waals surface area contributed by atoms with Gasteiger partial charge in [0.25, 0.3) is 0 Å². The summed E-state index contributed by atoms with van der Waals surface area (Å²) in [6, 6.07) is 3.02. The highest BCUT2D eigenvalue weighted by Crippen LogP contribution is 2.36. The fourth-order valence-corrected chi connectivity index (χ4v) is 4.80. The van der Waals surface area contributed by atoms with Crippen molar-refractivity contribution in [3.63, 3.8) is 0 Å². The number of imidazole rings is 1. The number of piperidine rings is 1. The number of hydrogen-bond donors (Lipinski definition) is 1. The van der Waals surface area contributed by atoms with E-state index in [9.17, 15) is 9.18 Å². The first-order chi connectivity index (χ1) is 15.0. The lowest BCUT2D eigenvalue weighted by atomic mass is 9.95. The van der Waals surface area contributed by atoms with E-state index in [4.69, 9.17) is 0 Å². The lowest BCUT2D eigenvalue weighted by Crippen LogP contribution is -2.36. The highest BCUT2D eigenvalue weighted by Gasteiger charge is 2.31. The molecule has 0 saturated carbocycles. The fourth-order valence-electron chi connectivity index (χ4n) is 4.80. The Balaban J connectivity index is 1.39. The first-order valence-corrected chi connectivity index (χ1v) is 11.0. The van der Waals surface area contributed by atoms with Gasteiger partial charge in [0.1, 0.15) is 11.5 Å². The molecule has 162 valence electrons. The van der Waals surface area contributed by atoms with E-state index >= 15 is 0 Å². The van der Waals surface area contributed by atoms with E-state index in [1.54, 1.807) is 27.9 Å². The summed E-state index contributed by atoms with van der Waals surface area (Å²) >= 11 is 0. The maximum absolute atomic E-state index is 14.5. The van der Waals surface area contributed by atoms with Crippen molar-refractivity contribution in [2.75, 3.05) is 34.8 Å². The van der Waals surface area contributed by atoms with E-state index in [-0.39, 0.29) is 11.7 Å². The molecule has 2 amide bonds. The van der Waals surface area contributed by atoms with Gasteiger partial charge in [-0.25, -0.2) is 19.2 Å². The van der Waals surface area contributed by atoms with E-state index in [0.717, 1.165) is 30.8 Å². The molecule has 1 saturated heterocycles. The van der Waals surface area contributed by atoms with Crippen LogP contribution in [0.15, 0.2) is 30.7 Å². The SMILES string of the molecule is CC[C@H]1CCCN(c2ccnc3c2CCN3C(=O)Nc2cn3cc(C)nc3cc2F)C1. The summed E-state index contributed by atoms with van der Waals surface area (Å²) in [7, 11) is 0. The van der Waals surface area contributed by atoms with Crippen LogP contribution in [-0.2, 0) is 6.42 Å². The van der Waals surface area contributed by atoms with Crippen molar-refractivity contribution in [1.29, 1.82) is 0 Å². The van der Waals surface area contributed by atoms with Gasteiger partial charge in [0.15, 0.2) is 5.82 Å². The lowest BCUT2D eigenvalue weighted by Gasteiger charge is -2.35. The van der Waals surface area contributed by atoms with Crippen LogP contribution in [0, 0.1) is 18.7 Å². The van der Waals surface area contributed by atoms with Crippen molar-refractivity contribution in [3.8, 4) is 0 Å². The summed E-state index contributed by atoms with van der Waals surface area (Å²) in [5.74, 6) is 0.878. The van der Waals surface area contributed by atoms with Crippen molar-refractivity contribution in [2.45, 2.75) is 39.5 Å². The monoisotopic (exact) mass is 422 g/mol. The third kappa shape index (κ3) is 3.60. The number of carbonyl (C=O) groups excluding carboxylic acids is 1. The number of urea groups is 1. The van der Waals surface area contributed by atoms with Crippen molar-refractivity contribution < 1.29 is 9.18 Å². The molecule has 0 unspecified atom stereocenters. The maximum Gasteiger partial charge on any atom is 0.327 e. The number of nitrogens with one attached hydrogen (secondary N) is 1. The standard InChI is InChI=1S/C23H27FN6O/c1-3-16-5-4-9-28(13-16)20-6-8-25-22-17(20)7-10-30(22)23(31)27-19-14-29-12-15(2)26-21(29)11-18(19)24/h6,8,11-12,14,16H,3-5,7,9-10,13H2,1-2H3,(H,27,31)/t16-/m0/s1. The van der Waals surface area contributed by atoms with Gasteiger partial charge in [0.2, 0.25) is 0 Å². The summed E-state index contributed by atoms with van der Waals surface area (Å²) in [4.78, 5) is 25.8. The number of amides is 2. The molecule has 0 spiro atoms. The average molecular weight is 423 g/mol. The Morgan fingerprint density at radius 1 is 1.32 bits per heavy atom. The minimum atomic E-state index is -0.508. The quantitative estimate of drug-likeness (QED) is 0.680. The summed E-state index contributed by atoms with van der Waals surface area (Å²) in [6.45, 7) is 6.71. The zero-order valence-electron chi connectivity index (χ0n) is 17.9. The predicted octanol–water partition coefficient (Wildman–Crippen LogP) is 4.40. The smallest absolute Gasteiger partial charge is 0.327 e. The van der Waals surface area contributed by atoms with Crippen LogP contribution in [0.3, 0.4) is 0 Å². The second-order valence-corrected chi connectivity index (χ2v) is 8.51. The van der Waals surface area contributed by atoms with E-state index in [1.165, 1.54) is 31.0 Å². The molecule has 3 aromatic heterocycles. The summed E-state index contributed by atoms with van der Waals surface area (Å²) < 4.78 is 16.3. The number of halogens is 1. The number of aromatic nitrogens is 3. The summed E-state index contributed by atoms with van der Waals surface area (Å²) in [6.07, 6.45) is 9.53. The van der Waals surface area contributed by atoms with E-state index in [2.05, 4.69) is 33.2 Å². The molecule has 7 nitrogen and oxygen atoms in total. The Morgan fingerprint density at radius 3 is 3.03 bits per heavy atom. The second-order valence-electron chi connectivity index (χ2n) is 8.51. The van der Waals surface area contributed by atoms with Crippen LogP contribution < -0.4 is 15.1 Å². The third-order valence-electron chi connectivity index (χ3n) is 6.44. The van der Waals surface area contributed by atoms with Crippen molar-refractivity contribution in [3.05, 3.63) is 47.8 Å². The van der Waals surface area contributed by atoms with Gasteiger partial charge in [-0.05, 0) is 38.2 Å². The number of hydrogen-bond acceptors (Lipinski definition) is 4. The molecular formula is C23H27FN6O. The highest BCUT2D eigenvalue weighted by molar-refractivity contribution is 6.03. The normalized spacial score (nSPS) is 18.5. The van der Waals surface area contributed by atoms with Gasteiger partial charge in [-0.3, -0.25) is 4.90 Å². The average Bonchev–Trinajstić information content (AvgIpc) is 3.36. The van der Waals surface area contributed by atoms with Crippen LogP contribution in [0.2, 0.25) is 0 Å². The van der Waals surface area contributed by atoms with Crippen LogP contribution in [0.1, 0.15) is 37.4 Å². The lowest BCUT2D eigenvalue weighted by molar-refractivity contribution is 0.257. The van der Waals surface area contributed by atoms with Gasteiger partial charge >= 0.3 is 6.03 Å². The predicted molar refractivity (Wildman–Crippen MR) is 119 cm³/mol. The number of fused-ring (bicyclic) bond motifs is 2. The molecule has 0 radical (unpaired) electrons. The van der Waals surface area contributed by atoms with Gasteiger partial charge in [-0.2, -0.15) is 0 Å². The number of nitrogens with zero attached hydrogens (tertiary/aromatic N) is 5. The maximum atomic E-state index is 14.5. The van der Waals surface area contributed by atoms with Crippen LogP contribution >= 0.6 is 0 Å². The number of aryl methyl sites for hydroxylation is 1. The molecule has 0 aromatic carbocycles. The van der Waals surface area contributed by atoms with Crippen LogP contribution in [0.25, 0.3) is 5.65 Å². The van der Waals surface area contributed by atoms with E-state index in [1.807, 2.05) is 6.92 Å². The molecule has 1 fully saturated rings. The van der Waals surface area contributed by atoms with Gasteiger partial charge in [-0.15, -0.1) is 0 Å². The molecular weight excluding hydrogens is 395 g/mol. The largest absolute Gasteiger partial charge is 0.371 e. The fraction of sp³-hybridized carbons (Fsp3) is 0.435. The van der Waals surface area contributed by atoms with E-state index < -0.39 is 5.82 Å². The second kappa shape index (κ2) is 7.83. The highest BCUT2D eigenvalue weighted by atomic mass is 19.1. The van der Waals surface area contributed by atoms with Crippen molar-refractivity contribution in [1.82, 2.24) is 14.4 Å². The Bertz CT molecular complexity index is 1140. The Hall–Kier alpha value is -3.16. The summed E-state index contributed by atoms with van der Waals surface area (Å²) in [5.41, 5.74) is 3.71. The number of anilines is 3. The van der Waals surface area contributed by atoms with E-state index in [0.29, 0.717) is 23.9 Å². The van der Waals surface area contributed by atoms with Gasteiger partial charge in [0.05, 0.1) is 11.4 Å². The van der Waals surface area contributed by atoms with Crippen LogP contribution in [0.5, 0.6) is 0 Å². The Labute approximate surface area is 180 Å². The first-order valence-electron chi connectivity index (χ1n) is 11.0. The zero-order valence-corrected chi connectivity index (χ0v) is 17.9. The molecule has 5 rings (SSSR count). The molecule has 31 heavy (non-hydrogen) atoms. The van der Waals surface area contributed by atoms with Gasteiger partial charge in [0, 0.05) is 55.5 Å². The first kappa shape index (κ1) is 19.8. The minimum absolute atomic E-state index is 0.126. The summed E-state index contributed by atoms with van der Waals surface area (Å²) in [5, 5.41) is 2.72. The van der Waals surface area contributed by atoms with Crippen molar-refractivity contribution in [2.24, 2.45) is 5.92 Å². The molecule has 0 aliphatic carbocycles. The number of rotatable bonds is 3. The molecule has 1 N–H and O–H groups in total. The topological polar surface area (TPSA) is 65.8 Å². The third-order valence-corrected chi connectivity index (χ3v) is 6.44. The molecule has 2 aliphatic heterocycles. The number of carbonyl (C=O) groups is 1. The number of pyridine rings is 2. The van der Waals surface area contributed by atoms with Crippen LogP contribution in [0.4, 0.5) is 26.4 Å². The van der Waals surface area contributed by atoms with Crippen LogP contribution in [-0.4, -0.2) is 40.0 Å². The molecule has 5 heterocycles. The Morgan fingerprint density at radius 2 is 2.19 bits per heavy atom. The molecule has 2 aliphatic rings. The van der Waals surface area contributed by atoms with Gasteiger partial charge in [-0.1, -0.05) is 13.3 Å².